The lowest BCUT2D eigenvalue weighted by Crippen LogP contribution is -2.48. The van der Waals surface area contributed by atoms with Gasteiger partial charge in [-0.05, 0) is 39.2 Å². The van der Waals surface area contributed by atoms with E-state index in [1.165, 1.54) is 0 Å². The maximum atomic E-state index is 9.54. The monoisotopic (exact) mass is 256 g/mol. The lowest BCUT2D eigenvalue weighted by molar-refractivity contribution is 0.195. The lowest BCUT2D eigenvalue weighted by atomic mass is 9.82. The molecule has 4 heteroatoms. The third kappa shape index (κ3) is 4.17. The van der Waals surface area contributed by atoms with Gasteiger partial charge < -0.3 is 5.11 Å². The van der Waals surface area contributed by atoms with Crippen molar-refractivity contribution >= 4 is 11.8 Å². The van der Waals surface area contributed by atoms with Crippen LogP contribution in [0.5, 0.6) is 0 Å². The number of aliphatic hydroxyl groups is 1. The van der Waals surface area contributed by atoms with Crippen LogP contribution in [0, 0.1) is 11.3 Å². The van der Waals surface area contributed by atoms with Gasteiger partial charge in [0.1, 0.15) is 5.54 Å². The number of thioether (sulfide) groups is 1. The predicted molar refractivity (Wildman–Crippen MR) is 73.0 cm³/mol. The summed E-state index contributed by atoms with van der Waals surface area (Å²) >= 11 is 1.83. The van der Waals surface area contributed by atoms with Crippen molar-refractivity contribution in [3.8, 4) is 6.07 Å². The number of rotatable bonds is 5. The Balaban J connectivity index is 2.57. The summed E-state index contributed by atoms with van der Waals surface area (Å²) in [4.78, 5) is 0. The molecule has 0 aromatic carbocycles. The smallest absolute Gasteiger partial charge is 0.107 e. The first-order chi connectivity index (χ1) is 8.03. The van der Waals surface area contributed by atoms with Crippen LogP contribution in [0.1, 0.15) is 46.5 Å². The standard InChI is InChI=1S/C13H24N2OS/c1-4-15-13(9-14)7-5-6-12(8-13)17-11(3)10(2)16/h10-12,15-16H,4-8H2,1-3H3. The number of nitriles is 1. The Morgan fingerprint density at radius 3 is 2.82 bits per heavy atom. The molecular formula is C13H24N2OS. The molecule has 1 aliphatic carbocycles. The molecule has 0 aromatic heterocycles. The number of nitrogens with one attached hydrogen (secondary N) is 1. The molecule has 0 saturated heterocycles. The fourth-order valence-electron chi connectivity index (χ4n) is 2.40. The highest BCUT2D eigenvalue weighted by Gasteiger charge is 2.36. The van der Waals surface area contributed by atoms with Gasteiger partial charge in [-0.3, -0.25) is 5.32 Å². The maximum absolute atomic E-state index is 9.54. The molecule has 0 bridgehead atoms. The van der Waals surface area contributed by atoms with Crippen molar-refractivity contribution in [2.75, 3.05) is 6.54 Å². The fraction of sp³-hybridized carbons (Fsp3) is 0.923. The molecule has 1 aliphatic rings. The van der Waals surface area contributed by atoms with Gasteiger partial charge in [0, 0.05) is 10.5 Å². The van der Waals surface area contributed by atoms with Gasteiger partial charge in [0.25, 0.3) is 0 Å². The Morgan fingerprint density at radius 1 is 1.59 bits per heavy atom. The van der Waals surface area contributed by atoms with Crippen LogP contribution in [0.4, 0.5) is 0 Å². The number of nitrogens with zero attached hydrogens (tertiary/aromatic N) is 1. The first-order valence-corrected chi connectivity index (χ1v) is 7.47. The van der Waals surface area contributed by atoms with Crippen molar-refractivity contribution in [3.05, 3.63) is 0 Å². The molecular weight excluding hydrogens is 232 g/mol. The van der Waals surface area contributed by atoms with Gasteiger partial charge in [-0.25, -0.2) is 0 Å². The molecule has 3 nitrogen and oxygen atoms in total. The molecule has 98 valence electrons. The number of hydrogen-bond donors (Lipinski definition) is 2. The average Bonchev–Trinajstić information content (AvgIpc) is 2.29. The second-order valence-corrected chi connectivity index (χ2v) is 6.71. The van der Waals surface area contributed by atoms with E-state index in [9.17, 15) is 10.4 Å². The number of hydrogen-bond acceptors (Lipinski definition) is 4. The Bertz CT molecular complexity index is 273. The van der Waals surface area contributed by atoms with Crippen molar-refractivity contribution in [2.45, 2.75) is 68.6 Å². The molecule has 1 rings (SSSR count). The molecule has 17 heavy (non-hydrogen) atoms. The SMILES string of the molecule is CCNC1(C#N)CCCC(SC(C)C(C)O)C1. The van der Waals surface area contributed by atoms with Crippen molar-refractivity contribution in [2.24, 2.45) is 0 Å². The zero-order chi connectivity index (χ0) is 12.9. The van der Waals surface area contributed by atoms with Crippen LogP contribution in [0.25, 0.3) is 0 Å². The van der Waals surface area contributed by atoms with E-state index in [2.05, 4.69) is 18.3 Å². The summed E-state index contributed by atoms with van der Waals surface area (Å²) in [6.07, 6.45) is 3.84. The van der Waals surface area contributed by atoms with Crippen LogP contribution in [0.2, 0.25) is 0 Å². The summed E-state index contributed by atoms with van der Waals surface area (Å²) in [6, 6.07) is 2.46. The van der Waals surface area contributed by atoms with Gasteiger partial charge in [0.2, 0.25) is 0 Å². The summed E-state index contributed by atoms with van der Waals surface area (Å²) in [5.41, 5.74) is -0.330. The quantitative estimate of drug-likeness (QED) is 0.792. The van der Waals surface area contributed by atoms with Gasteiger partial charge in [0.15, 0.2) is 0 Å². The Labute approximate surface area is 109 Å². The van der Waals surface area contributed by atoms with Gasteiger partial charge in [-0.15, -0.1) is 0 Å². The fourth-order valence-corrected chi connectivity index (χ4v) is 3.92. The average molecular weight is 256 g/mol. The molecule has 0 spiro atoms. The molecule has 2 N–H and O–H groups in total. The second-order valence-electron chi connectivity index (χ2n) is 5.02. The minimum Gasteiger partial charge on any atom is -0.392 e. The maximum Gasteiger partial charge on any atom is 0.107 e. The van der Waals surface area contributed by atoms with Crippen LogP contribution in [-0.4, -0.2) is 33.8 Å². The highest BCUT2D eigenvalue weighted by atomic mass is 32.2. The van der Waals surface area contributed by atoms with E-state index in [1.807, 2.05) is 25.6 Å². The zero-order valence-corrected chi connectivity index (χ0v) is 11.9. The van der Waals surface area contributed by atoms with Crippen molar-refractivity contribution < 1.29 is 5.11 Å². The first-order valence-electron chi connectivity index (χ1n) is 6.53. The molecule has 0 aromatic rings. The summed E-state index contributed by atoms with van der Waals surface area (Å²) in [5, 5.41) is 23.0. The molecule has 0 radical (unpaired) electrons. The summed E-state index contributed by atoms with van der Waals surface area (Å²) in [6.45, 7) is 6.79. The van der Waals surface area contributed by atoms with Crippen molar-refractivity contribution in [1.82, 2.24) is 5.32 Å². The van der Waals surface area contributed by atoms with Gasteiger partial charge in [-0.2, -0.15) is 17.0 Å². The van der Waals surface area contributed by atoms with Crippen LogP contribution in [-0.2, 0) is 0 Å². The molecule has 1 saturated carbocycles. The van der Waals surface area contributed by atoms with E-state index in [4.69, 9.17) is 0 Å². The first kappa shape index (κ1) is 14.8. The summed E-state index contributed by atoms with van der Waals surface area (Å²) in [5.74, 6) is 0. The predicted octanol–water partition coefficient (Wildman–Crippen LogP) is 2.30. The Morgan fingerprint density at radius 2 is 2.29 bits per heavy atom. The second kappa shape index (κ2) is 6.63. The van der Waals surface area contributed by atoms with E-state index in [0.717, 1.165) is 32.2 Å². The lowest BCUT2D eigenvalue weighted by Gasteiger charge is -2.37. The molecule has 0 aliphatic heterocycles. The van der Waals surface area contributed by atoms with Crippen LogP contribution >= 0.6 is 11.8 Å². The summed E-state index contributed by atoms with van der Waals surface area (Å²) < 4.78 is 0. The van der Waals surface area contributed by atoms with E-state index in [-0.39, 0.29) is 16.9 Å². The van der Waals surface area contributed by atoms with Crippen LogP contribution in [0.15, 0.2) is 0 Å². The van der Waals surface area contributed by atoms with Crippen molar-refractivity contribution in [1.29, 1.82) is 5.26 Å². The Hall–Kier alpha value is -0.240. The number of aliphatic hydroxyl groups excluding tert-OH is 1. The molecule has 0 heterocycles. The van der Waals surface area contributed by atoms with Crippen LogP contribution < -0.4 is 5.32 Å². The van der Waals surface area contributed by atoms with E-state index < -0.39 is 0 Å². The van der Waals surface area contributed by atoms with E-state index in [1.54, 1.807) is 0 Å². The van der Waals surface area contributed by atoms with E-state index in [0.29, 0.717) is 5.25 Å². The zero-order valence-electron chi connectivity index (χ0n) is 11.1. The van der Waals surface area contributed by atoms with Gasteiger partial charge in [-0.1, -0.05) is 13.8 Å². The minimum absolute atomic E-state index is 0.246. The molecule has 1 fully saturated rings. The third-order valence-electron chi connectivity index (χ3n) is 3.52. The largest absolute Gasteiger partial charge is 0.392 e. The van der Waals surface area contributed by atoms with Gasteiger partial charge >= 0.3 is 0 Å². The molecule has 4 atom stereocenters. The topological polar surface area (TPSA) is 56.0 Å². The van der Waals surface area contributed by atoms with Crippen molar-refractivity contribution in [3.63, 3.8) is 0 Å². The highest BCUT2D eigenvalue weighted by Crippen LogP contribution is 2.37. The van der Waals surface area contributed by atoms with Crippen LogP contribution in [0.3, 0.4) is 0 Å². The van der Waals surface area contributed by atoms with E-state index >= 15 is 0 Å². The third-order valence-corrected chi connectivity index (χ3v) is 5.13. The highest BCUT2D eigenvalue weighted by molar-refractivity contribution is 8.00. The minimum atomic E-state index is -0.330. The summed E-state index contributed by atoms with van der Waals surface area (Å²) in [7, 11) is 0. The Kier molecular flexibility index (Phi) is 5.78. The molecule has 4 unspecified atom stereocenters. The normalized spacial score (nSPS) is 32.8. The molecule has 0 amide bonds. The van der Waals surface area contributed by atoms with Gasteiger partial charge in [0.05, 0.1) is 12.2 Å².